The zero-order valence-corrected chi connectivity index (χ0v) is 18.0. The van der Waals surface area contributed by atoms with Crippen LogP contribution in [0.3, 0.4) is 0 Å². The van der Waals surface area contributed by atoms with Crippen LogP contribution in [0.2, 0.25) is 0 Å². The fourth-order valence-corrected chi connectivity index (χ4v) is 4.89. The molecule has 1 atom stereocenters. The summed E-state index contributed by atoms with van der Waals surface area (Å²) in [4.78, 5) is 0. The SMILES string of the molecule is Fc1cc(CCC2CCCCC2)ccc1-c1ccc(-c2ccc(C3CO3)c(F)c2F)cc1. The summed E-state index contributed by atoms with van der Waals surface area (Å²) in [6, 6.07) is 15.5. The van der Waals surface area contributed by atoms with Gasteiger partial charge < -0.3 is 4.74 Å². The third kappa shape index (κ3) is 4.47. The maximum Gasteiger partial charge on any atom is 0.167 e. The summed E-state index contributed by atoms with van der Waals surface area (Å²) in [5.41, 5.74) is 3.27. The van der Waals surface area contributed by atoms with E-state index in [1.165, 1.54) is 32.1 Å². The van der Waals surface area contributed by atoms with Crippen LogP contribution < -0.4 is 0 Å². The highest BCUT2D eigenvalue weighted by Crippen LogP contribution is 2.36. The minimum Gasteiger partial charge on any atom is -0.368 e. The Labute approximate surface area is 187 Å². The van der Waals surface area contributed by atoms with Gasteiger partial charge in [-0.3, -0.25) is 0 Å². The molecule has 0 amide bonds. The molecule has 1 nitrogen and oxygen atoms in total. The Kier molecular flexibility index (Phi) is 6.05. The maximum atomic E-state index is 14.8. The molecule has 1 heterocycles. The fraction of sp³-hybridized carbons (Fsp3) is 0.357. The van der Waals surface area contributed by atoms with E-state index in [2.05, 4.69) is 0 Å². The van der Waals surface area contributed by atoms with Crippen LogP contribution in [0.5, 0.6) is 0 Å². The Morgan fingerprint density at radius 3 is 2.06 bits per heavy atom. The predicted octanol–water partition coefficient (Wildman–Crippen LogP) is 8.02. The van der Waals surface area contributed by atoms with Crippen molar-refractivity contribution in [2.45, 2.75) is 51.0 Å². The quantitative estimate of drug-likeness (QED) is 0.356. The summed E-state index contributed by atoms with van der Waals surface area (Å²) < 4.78 is 48.8. The Morgan fingerprint density at radius 2 is 1.41 bits per heavy atom. The van der Waals surface area contributed by atoms with Crippen LogP contribution in [-0.4, -0.2) is 6.61 Å². The van der Waals surface area contributed by atoms with E-state index >= 15 is 0 Å². The number of aryl methyl sites for hydroxylation is 1. The van der Waals surface area contributed by atoms with Gasteiger partial charge in [0.25, 0.3) is 0 Å². The van der Waals surface area contributed by atoms with E-state index in [4.69, 9.17) is 4.74 Å². The van der Waals surface area contributed by atoms with Crippen molar-refractivity contribution >= 4 is 0 Å². The van der Waals surface area contributed by atoms with Gasteiger partial charge in [0, 0.05) is 16.7 Å². The zero-order chi connectivity index (χ0) is 22.1. The molecule has 1 unspecified atom stereocenters. The van der Waals surface area contributed by atoms with Crippen molar-refractivity contribution in [3.05, 3.63) is 83.2 Å². The average Bonchev–Trinajstić information content (AvgIpc) is 3.66. The summed E-state index contributed by atoms with van der Waals surface area (Å²) in [6.07, 6.45) is 8.29. The van der Waals surface area contributed by atoms with Gasteiger partial charge in [0.2, 0.25) is 0 Å². The van der Waals surface area contributed by atoms with E-state index in [9.17, 15) is 13.2 Å². The minimum atomic E-state index is -0.876. The van der Waals surface area contributed by atoms with E-state index in [0.29, 0.717) is 23.3 Å². The van der Waals surface area contributed by atoms with Crippen molar-refractivity contribution in [3.8, 4) is 22.3 Å². The monoisotopic (exact) mass is 436 g/mol. The first-order chi connectivity index (χ1) is 15.6. The van der Waals surface area contributed by atoms with Gasteiger partial charge in [-0.05, 0) is 41.5 Å². The Bertz CT molecular complexity index is 1100. The van der Waals surface area contributed by atoms with Gasteiger partial charge in [0.1, 0.15) is 11.9 Å². The van der Waals surface area contributed by atoms with Crippen molar-refractivity contribution in [1.82, 2.24) is 0 Å². The lowest BCUT2D eigenvalue weighted by Gasteiger charge is -2.21. The molecule has 1 aliphatic heterocycles. The first-order valence-electron chi connectivity index (χ1n) is 11.6. The molecule has 1 aliphatic carbocycles. The molecule has 3 aromatic rings. The van der Waals surface area contributed by atoms with E-state index in [1.807, 2.05) is 12.1 Å². The number of halogens is 3. The molecule has 2 fully saturated rings. The van der Waals surface area contributed by atoms with E-state index < -0.39 is 11.6 Å². The lowest BCUT2D eigenvalue weighted by molar-refractivity contribution is 0.339. The number of benzene rings is 3. The van der Waals surface area contributed by atoms with Gasteiger partial charge in [0.15, 0.2) is 11.6 Å². The highest BCUT2D eigenvalue weighted by molar-refractivity contribution is 5.71. The molecule has 1 saturated heterocycles. The lowest BCUT2D eigenvalue weighted by Crippen LogP contribution is -2.07. The largest absolute Gasteiger partial charge is 0.368 e. The van der Waals surface area contributed by atoms with Crippen molar-refractivity contribution in [2.24, 2.45) is 5.92 Å². The number of hydrogen-bond donors (Lipinski definition) is 0. The Morgan fingerprint density at radius 1 is 0.750 bits per heavy atom. The summed E-state index contributed by atoms with van der Waals surface area (Å²) in [5.74, 6) is -1.21. The maximum absolute atomic E-state index is 14.8. The zero-order valence-electron chi connectivity index (χ0n) is 18.0. The predicted molar refractivity (Wildman–Crippen MR) is 121 cm³/mol. The summed E-state index contributed by atoms with van der Waals surface area (Å²) >= 11 is 0. The topological polar surface area (TPSA) is 12.5 Å². The molecule has 166 valence electrons. The highest BCUT2D eigenvalue weighted by atomic mass is 19.2. The first-order valence-corrected chi connectivity index (χ1v) is 11.6. The molecule has 0 aromatic heterocycles. The molecule has 4 heteroatoms. The van der Waals surface area contributed by atoms with Crippen molar-refractivity contribution < 1.29 is 17.9 Å². The van der Waals surface area contributed by atoms with Crippen molar-refractivity contribution in [2.75, 3.05) is 6.61 Å². The molecular formula is C28H27F3O. The van der Waals surface area contributed by atoms with Crippen molar-refractivity contribution in [3.63, 3.8) is 0 Å². The van der Waals surface area contributed by atoms with Gasteiger partial charge in [-0.25, -0.2) is 13.2 Å². The molecule has 0 N–H and O–H groups in total. The smallest absolute Gasteiger partial charge is 0.167 e. The molecule has 1 saturated carbocycles. The third-order valence-corrected chi connectivity index (χ3v) is 6.90. The number of hydrogen-bond acceptors (Lipinski definition) is 1. The van der Waals surface area contributed by atoms with E-state index in [0.717, 1.165) is 24.3 Å². The average molecular weight is 437 g/mol. The summed E-state index contributed by atoms with van der Waals surface area (Å²) in [5, 5.41) is 0. The Hall–Kier alpha value is -2.59. The van der Waals surface area contributed by atoms with Gasteiger partial charge in [-0.1, -0.05) is 80.6 Å². The van der Waals surface area contributed by atoms with Gasteiger partial charge in [0.05, 0.1) is 6.61 Å². The van der Waals surface area contributed by atoms with Crippen LogP contribution in [0.15, 0.2) is 54.6 Å². The first kappa shape index (κ1) is 21.3. The second-order valence-electron chi connectivity index (χ2n) is 9.09. The van der Waals surface area contributed by atoms with Crippen LogP contribution in [0.4, 0.5) is 13.2 Å². The Balaban J connectivity index is 1.31. The fourth-order valence-electron chi connectivity index (χ4n) is 4.89. The van der Waals surface area contributed by atoms with Crippen LogP contribution in [0.25, 0.3) is 22.3 Å². The molecule has 5 rings (SSSR count). The third-order valence-electron chi connectivity index (χ3n) is 6.90. The molecule has 0 bridgehead atoms. The second kappa shape index (κ2) is 9.11. The molecule has 0 spiro atoms. The molecule has 2 aliphatic rings. The van der Waals surface area contributed by atoms with E-state index in [1.54, 1.807) is 42.5 Å². The van der Waals surface area contributed by atoms with Gasteiger partial charge in [-0.15, -0.1) is 0 Å². The van der Waals surface area contributed by atoms with Crippen LogP contribution in [-0.2, 0) is 11.2 Å². The number of ether oxygens (including phenoxy) is 1. The van der Waals surface area contributed by atoms with Crippen LogP contribution in [0.1, 0.15) is 55.8 Å². The summed E-state index contributed by atoms with van der Waals surface area (Å²) in [7, 11) is 0. The van der Waals surface area contributed by atoms with Gasteiger partial charge >= 0.3 is 0 Å². The standard InChI is InChI=1S/C28H27F3O/c29-25-16-19(7-6-18-4-2-1-3-5-18)8-13-22(25)20-9-11-21(12-10-20)23-14-15-24(26-17-32-26)28(31)27(23)30/h8-16,18,26H,1-7,17H2. The molecular weight excluding hydrogens is 409 g/mol. The normalized spacial score (nSPS) is 18.7. The lowest BCUT2D eigenvalue weighted by atomic mass is 9.85. The van der Waals surface area contributed by atoms with Crippen LogP contribution in [0, 0.1) is 23.4 Å². The van der Waals surface area contributed by atoms with E-state index in [-0.39, 0.29) is 23.0 Å². The molecule has 3 aromatic carbocycles. The summed E-state index contributed by atoms with van der Waals surface area (Å²) in [6.45, 7) is 0.426. The number of rotatable bonds is 6. The van der Waals surface area contributed by atoms with Gasteiger partial charge in [-0.2, -0.15) is 0 Å². The number of epoxide rings is 1. The molecule has 0 radical (unpaired) electrons. The second-order valence-corrected chi connectivity index (χ2v) is 9.09. The minimum absolute atomic E-state index is 0.192. The molecule has 32 heavy (non-hydrogen) atoms. The van der Waals surface area contributed by atoms with Crippen molar-refractivity contribution in [1.29, 1.82) is 0 Å². The van der Waals surface area contributed by atoms with Crippen LogP contribution >= 0.6 is 0 Å². The highest BCUT2D eigenvalue weighted by Gasteiger charge is 2.30.